The fraction of sp³-hybridized carbons (Fsp3) is 1.00. The van der Waals surface area contributed by atoms with Gasteiger partial charge in [0.1, 0.15) is 0 Å². The summed E-state index contributed by atoms with van der Waals surface area (Å²) in [5, 5.41) is 12.0. The molecule has 0 aromatic carbocycles. The quantitative estimate of drug-likeness (QED) is 0.537. The molecule has 2 N–H and O–H groups in total. The van der Waals surface area contributed by atoms with Crippen molar-refractivity contribution in [2.24, 2.45) is 5.92 Å². The highest BCUT2D eigenvalue weighted by atomic mass is 16.5. The van der Waals surface area contributed by atoms with Gasteiger partial charge in [-0.2, -0.15) is 0 Å². The summed E-state index contributed by atoms with van der Waals surface area (Å²) in [5.74, 6) is 0.877. The molecule has 2 aliphatic rings. The standard InChI is InChI=1S/C16H33N3O3/c20-10-12-22-14-13-21-11-9-18-5-1-16(2-6-18)15-19-7-3-17-4-8-19/h16-17,20H,1-15H2. The van der Waals surface area contributed by atoms with Crippen LogP contribution >= 0.6 is 0 Å². The normalized spacial score (nSPS) is 22.2. The molecule has 22 heavy (non-hydrogen) atoms. The second-order valence-electron chi connectivity index (χ2n) is 6.28. The van der Waals surface area contributed by atoms with Crippen LogP contribution in [0.2, 0.25) is 0 Å². The van der Waals surface area contributed by atoms with E-state index in [0.29, 0.717) is 19.8 Å². The largest absolute Gasteiger partial charge is 0.394 e. The molecular weight excluding hydrogens is 282 g/mol. The van der Waals surface area contributed by atoms with Gasteiger partial charge in [0.25, 0.3) is 0 Å². The Bertz CT molecular complexity index is 267. The number of likely N-dealkylation sites (tertiary alicyclic amines) is 1. The van der Waals surface area contributed by atoms with Crippen LogP contribution in [0.25, 0.3) is 0 Å². The lowest BCUT2D eigenvalue weighted by atomic mass is 9.96. The number of hydrogen-bond donors (Lipinski definition) is 2. The molecule has 130 valence electrons. The zero-order valence-electron chi connectivity index (χ0n) is 13.8. The number of nitrogens with one attached hydrogen (secondary N) is 1. The Hall–Kier alpha value is -0.240. The van der Waals surface area contributed by atoms with E-state index < -0.39 is 0 Å². The first-order chi connectivity index (χ1) is 10.9. The first-order valence-electron chi connectivity index (χ1n) is 8.80. The highest BCUT2D eigenvalue weighted by Crippen LogP contribution is 2.18. The van der Waals surface area contributed by atoms with Crippen molar-refractivity contribution in [2.75, 3.05) is 85.4 Å². The zero-order chi connectivity index (χ0) is 15.5. The van der Waals surface area contributed by atoms with Gasteiger partial charge in [0.05, 0.1) is 33.0 Å². The van der Waals surface area contributed by atoms with Crippen molar-refractivity contribution in [3.05, 3.63) is 0 Å². The molecule has 2 aliphatic heterocycles. The zero-order valence-corrected chi connectivity index (χ0v) is 13.8. The second kappa shape index (κ2) is 11.3. The number of piperidine rings is 1. The minimum atomic E-state index is 0.0862. The molecule has 6 heteroatoms. The first-order valence-corrected chi connectivity index (χ1v) is 8.80. The molecule has 0 aliphatic carbocycles. The molecule has 6 nitrogen and oxygen atoms in total. The van der Waals surface area contributed by atoms with Crippen LogP contribution in [-0.2, 0) is 9.47 Å². The summed E-state index contributed by atoms with van der Waals surface area (Å²) in [6.07, 6.45) is 2.65. The Morgan fingerprint density at radius 1 is 0.864 bits per heavy atom. The summed E-state index contributed by atoms with van der Waals surface area (Å²) >= 11 is 0. The smallest absolute Gasteiger partial charge is 0.0701 e. The molecule has 2 rings (SSSR count). The Kier molecular flexibility index (Phi) is 9.31. The van der Waals surface area contributed by atoms with Crippen LogP contribution in [0.1, 0.15) is 12.8 Å². The number of aliphatic hydroxyl groups excluding tert-OH is 1. The molecule has 2 saturated heterocycles. The van der Waals surface area contributed by atoms with E-state index in [0.717, 1.165) is 32.2 Å². The molecule has 0 saturated carbocycles. The summed E-state index contributed by atoms with van der Waals surface area (Å²) in [7, 11) is 0. The van der Waals surface area contributed by atoms with Gasteiger partial charge >= 0.3 is 0 Å². The van der Waals surface area contributed by atoms with Gasteiger partial charge in [0.2, 0.25) is 0 Å². The van der Waals surface area contributed by atoms with Gasteiger partial charge in [-0.05, 0) is 31.8 Å². The van der Waals surface area contributed by atoms with Crippen molar-refractivity contribution in [3.63, 3.8) is 0 Å². The number of hydrogen-bond acceptors (Lipinski definition) is 6. The van der Waals surface area contributed by atoms with Gasteiger partial charge < -0.3 is 29.7 Å². The number of aliphatic hydroxyl groups is 1. The lowest BCUT2D eigenvalue weighted by Crippen LogP contribution is -2.47. The third-order valence-electron chi connectivity index (χ3n) is 4.59. The van der Waals surface area contributed by atoms with E-state index in [9.17, 15) is 0 Å². The van der Waals surface area contributed by atoms with Crippen LogP contribution in [0.15, 0.2) is 0 Å². The third-order valence-corrected chi connectivity index (χ3v) is 4.59. The lowest BCUT2D eigenvalue weighted by molar-refractivity contribution is 0.0229. The molecular formula is C16H33N3O3. The summed E-state index contributed by atoms with van der Waals surface area (Å²) in [6.45, 7) is 11.9. The summed E-state index contributed by atoms with van der Waals surface area (Å²) < 4.78 is 10.7. The maximum absolute atomic E-state index is 8.59. The van der Waals surface area contributed by atoms with Crippen LogP contribution in [-0.4, -0.2) is 100 Å². The van der Waals surface area contributed by atoms with Crippen LogP contribution in [0.4, 0.5) is 0 Å². The van der Waals surface area contributed by atoms with Crippen molar-refractivity contribution in [1.29, 1.82) is 0 Å². The SMILES string of the molecule is OCCOCCOCCN1CCC(CN2CCNCC2)CC1. The van der Waals surface area contributed by atoms with E-state index >= 15 is 0 Å². The van der Waals surface area contributed by atoms with Gasteiger partial charge in [-0.1, -0.05) is 0 Å². The van der Waals surface area contributed by atoms with E-state index in [1.807, 2.05) is 0 Å². The fourth-order valence-corrected chi connectivity index (χ4v) is 3.23. The van der Waals surface area contributed by atoms with Crippen LogP contribution < -0.4 is 5.32 Å². The van der Waals surface area contributed by atoms with Crippen molar-refractivity contribution in [3.8, 4) is 0 Å². The fourth-order valence-electron chi connectivity index (χ4n) is 3.23. The predicted octanol–water partition coefficient (Wildman–Crippen LogP) is -0.371. The van der Waals surface area contributed by atoms with E-state index in [1.165, 1.54) is 45.6 Å². The molecule has 0 unspecified atom stereocenters. The molecule has 0 radical (unpaired) electrons. The molecule has 0 amide bonds. The first kappa shape index (κ1) is 18.1. The van der Waals surface area contributed by atoms with E-state index in [4.69, 9.17) is 14.6 Å². The van der Waals surface area contributed by atoms with E-state index in [2.05, 4.69) is 15.1 Å². The van der Waals surface area contributed by atoms with Gasteiger partial charge in [-0.3, -0.25) is 0 Å². The summed E-state index contributed by atoms with van der Waals surface area (Å²) in [6, 6.07) is 0. The Labute approximate surface area is 134 Å². The number of nitrogens with zero attached hydrogens (tertiary/aromatic N) is 2. The van der Waals surface area contributed by atoms with Gasteiger partial charge in [0, 0.05) is 39.3 Å². The molecule has 0 spiro atoms. The summed E-state index contributed by atoms with van der Waals surface area (Å²) in [4.78, 5) is 5.13. The molecule has 0 aromatic heterocycles. The number of ether oxygens (including phenoxy) is 2. The third kappa shape index (κ3) is 7.35. The van der Waals surface area contributed by atoms with Crippen LogP contribution in [0.3, 0.4) is 0 Å². The number of rotatable bonds is 10. The molecule has 0 aromatic rings. The van der Waals surface area contributed by atoms with Gasteiger partial charge in [0.15, 0.2) is 0 Å². The average Bonchev–Trinajstić information content (AvgIpc) is 2.56. The predicted molar refractivity (Wildman–Crippen MR) is 87.2 cm³/mol. The monoisotopic (exact) mass is 315 g/mol. The lowest BCUT2D eigenvalue weighted by Gasteiger charge is -2.36. The molecule has 2 heterocycles. The second-order valence-corrected chi connectivity index (χ2v) is 6.28. The van der Waals surface area contributed by atoms with Crippen LogP contribution in [0, 0.1) is 5.92 Å². The van der Waals surface area contributed by atoms with Crippen molar-refractivity contribution in [2.45, 2.75) is 12.8 Å². The minimum Gasteiger partial charge on any atom is -0.394 e. The van der Waals surface area contributed by atoms with E-state index in [-0.39, 0.29) is 6.61 Å². The Balaban J connectivity index is 1.45. The van der Waals surface area contributed by atoms with Gasteiger partial charge in [-0.25, -0.2) is 0 Å². The van der Waals surface area contributed by atoms with Crippen molar-refractivity contribution in [1.82, 2.24) is 15.1 Å². The van der Waals surface area contributed by atoms with Crippen LogP contribution in [0.5, 0.6) is 0 Å². The van der Waals surface area contributed by atoms with Crippen molar-refractivity contribution < 1.29 is 14.6 Å². The van der Waals surface area contributed by atoms with Crippen molar-refractivity contribution >= 4 is 0 Å². The maximum Gasteiger partial charge on any atom is 0.0701 e. The highest BCUT2D eigenvalue weighted by Gasteiger charge is 2.21. The minimum absolute atomic E-state index is 0.0862. The Morgan fingerprint density at radius 3 is 2.23 bits per heavy atom. The molecule has 2 fully saturated rings. The topological polar surface area (TPSA) is 57.2 Å². The average molecular weight is 315 g/mol. The molecule has 0 bridgehead atoms. The summed E-state index contributed by atoms with van der Waals surface area (Å²) in [5.41, 5.74) is 0. The van der Waals surface area contributed by atoms with Gasteiger partial charge in [-0.15, -0.1) is 0 Å². The Morgan fingerprint density at radius 2 is 1.55 bits per heavy atom. The van der Waals surface area contributed by atoms with E-state index in [1.54, 1.807) is 0 Å². The maximum atomic E-state index is 8.59. The molecule has 0 atom stereocenters. The highest BCUT2D eigenvalue weighted by molar-refractivity contribution is 4.77. The number of piperazine rings is 1.